The van der Waals surface area contributed by atoms with E-state index < -0.39 is 8.74 Å². The molecule has 0 aromatic carbocycles. The Morgan fingerprint density at radius 3 is 2.25 bits per heavy atom. The lowest BCUT2D eigenvalue weighted by Gasteiger charge is -2.06. The first-order valence-corrected chi connectivity index (χ1v) is 6.98. The number of hydrogen-bond acceptors (Lipinski definition) is 1. The Balaban J connectivity index is 3.01. The molecule has 0 aliphatic heterocycles. The van der Waals surface area contributed by atoms with E-state index in [1.54, 1.807) is 0 Å². The van der Waals surface area contributed by atoms with Crippen molar-refractivity contribution < 1.29 is 13.0 Å². The highest BCUT2D eigenvalue weighted by atomic mass is 28.4. The van der Waals surface area contributed by atoms with Crippen LogP contribution in [0.3, 0.4) is 0 Å². The van der Waals surface area contributed by atoms with Gasteiger partial charge in [-0.2, -0.15) is 0 Å². The van der Waals surface area contributed by atoms with Gasteiger partial charge in [-0.15, -0.1) is 0 Å². The zero-order valence-electron chi connectivity index (χ0n) is 7.91. The van der Waals surface area contributed by atoms with E-state index in [1.165, 1.54) is 0 Å². The Bertz CT molecular complexity index is 104. The molecule has 0 spiro atoms. The minimum absolute atomic E-state index is 0.0686. The molecular weight excluding hydrogens is 178 g/mol. The fourth-order valence-electron chi connectivity index (χ4n) is 0.833. The summed E-state index contributed by atoms with van der Waals surface area (Å²) in [4.78, 5) is 0. The molecule has 0 aliphatic carbocycles. The smallest absolute Gasteiger partial charge is 0.381 e. The molecule has 1 nitrogen and oxygen atoms in total. The van der Waals surface area contributed by atoms with Crippen LogP contribution in [0.1, 0.15) is 26.2 Å². The van der Waals surface area contributed by atoms with Crippen LogP contribution in [0, 0.1) is 0 Å². The number of halogens is 2. The SMILES string of the molecule is CCCCOCCC[Si](C)(F)F. The maximum absolute atomic E-state index is 12.4. The lowest BCUT2D eigenvalue weighted by atomic mass is 10.4. The first-order valence-electron chi connectivity index (χ1n) is 4.52. The summed E-state index contributed by atoms with van der Waals surface area (Å²) in [6.45, 7) is 4.37. The van der Waals surface area contributed by atoms with Gasteiger partial charge in [-0.3, -0.25) is 8.22 Å². The van der Waals surface area contributed by atoms with Crippen molar-refractivity contribution in [2.75, 3.05) is 13.2 Å². The molecule has 0 N–H and O–H groups in total. The van der Waals surface area contributed by atoms with Gasteiger partial charge in [-0.25, -0.2) is 0 Å². The molecule has 0 rings (SSSR count). The molecule has 0 aromatic rings. The molecule has 0 saturated heterocycles. The fourth-order valence-corrected chi connectivity index (χ4v) is 1.60. The monoisotopic (exact) mass is 196 g/mol. The number of rotatable bonds is 7. The van der Waals surface area contributed by atoms with E-state index in [0.717, 1.165) is 19.4 Å². The molecule has 0 aliphatic rings. The third-order valence-electron chi connectivity index (χ3n) is 1.55. The average molecular weight is 196 g/mol. The third kappa shape index (κ3) is 10.0. The van der Waals surface area contributed by atoms with Crippen molar-refractivity contribution in [1.29, 1.82) is 0 Å². The normalized spacial score (nSPS) is 12.0. The molecule has 0 saturated carbocycles. The maximum Gasteiger partial charge on any atom is 0.422 e. The van der Waals surface area contributed by atoms with Crippen LogP contribution < -0.4 is 0 Å². The third-order valence-corrected chi connectivity index (χ3v) is 2.78. The van der Waals surface area contributed by atoms with Crippen LogP contribution in [0.4, 0.5) is 8.22 Å². The maximum atomic E-state index is 12.4. The van der Waals surface area contributed by atoms with E-state index >= 15 is 0 Å². The zero-order valence-corrected chi connectivity index (χ0v) is 8.91. The van der Waals surface area contributed by atoms with Crippen molar-refractivity contribution in [3.05, 3.63) is 0 Å². The van der Waals surface area contributed by atoms with E-state index in [1.807, 2.05) is 0 Å². The molecule has 0 bridgehead atoms. The summed E-state index contributed by atoms with van der Waals surface area (Å²) in [6.07, 6.45) is 2.64. The van der Waals surface area contributed by atoms with Crippen molar-refractivity contribution in [2.45, 2.75) is 38.8 Å². The van der Waals surface area contributed by atoms with Gasteiger partial charge in [0.2, 0.25) is 0 Å². The van der Waals surface area contributed by atoms with Crippen LogP contribution in [0.5, 0.6) is 0 Å². The van der Waals surface area contributed by atoms with Gasteiger partial charge in [0.25, 0.3) is 0 Å². The van der Waals surface area contributed by atoms with Crippen molar-refractivity contribution in [3.63, 3.8) is 0 Å². The first-order chi connectivity index (χ1) is 5.56. The van der Waals surface area contributed by atoms with Crippen LogP contribution in [-0.2, 0) is 4.74 Å². The van der Waals surface area contributed by atoms with Gasteiger partial charge in [0, 0.05) is 19.3 Å². The van der Waals surface area contributed by atoms with Gasteiger partial charge in [0.1, 0.15) is 0 Å². The summed E-state index contributed by atoms with van der Waals surface area (Å²) < 4.78 is 29.9. The Kier molecular flexibility index (Phi) is 6.56. The molecule has 0 fully saturated rings. The molecule has 4 heteroatoms. The second-order valence-corrected chi connectivity index (χ2v) is 5.78. The highest BCUT2D eigenvalue weighted by molar-refractivity contribution is 6.64. The number of ether oxygens (including phenoxy) is 1. The lowest BCUT2D eigenvalue weighted by Crippen LogP contribution is -2.16. The number of hydrogen-bond donors (Lipinski definition) is 0. The van der Waals surface area contributed by atoms with Gasteiger partial charge >= 0.3 is 8.74 Å². The number of unbranched alkanes of at least 4 members (excludes halogenated alkanes) is 1. The van der Waals surface area contributed by atoms with E-state index in [4.69, 9.17) is 4.74 Å². The van der Waals surface area contributed by atoms with Crippen LogP contribution in [-0.4, -0.2) is 22.0 Å². The zero-order chi connectivity index (χ0) is 9.45. The van der Waals surface area contributed by atoms with Crippen LogP contribution in [0.25, 0.3) is 0 Å². The summed E-state index contributed by atoms with van der Waals surface area (Å²) in [5, 5.41) is 0. The Hall–Kier alpha value is 0.0369. The molecular formula is C8H18F2OSi. The molecule has 0 radical (unpaired) electrons. The second-order valence-electron chi connectivity index (χ2n) is 3.14. The molecule has 12 heavy (non-hydrogen) atoms. The predicted molar refractivity (Wildman–Crippen MR) is 49.0 cm³/mol. The minimum atomic E-state index is -3.81. The first kappa shape index (κ1) is 12.0. The minimum Gasteiger partial charge on any atom is -0.381 e. The second kappa shape index (κ2) is 6.54. The van der Waals surface area contributed by atoms with E-state index in [-0.39, 0.29) is 6.04 Å². The highest BCUT2D eigenvalue weighted by Crippen LogP contribution is 2.14. The van der Waals surface area contributed by atoms with Gasteiger partial charge < -0.3 is 4.74 Å². The van der Waals surface area contributed by atoms with Crippen molar-refractivity contribution in [1.82, 2.24) is 0 Å². The van der Waals surface area contributed by atoms with E-state index in [9.17, 15) is 8.22 Å². The van der Waals surface area contributed by atoms with Crippen molar-refractivity contribution >= 4 is 8.74 Å². The van der Waals surface area contributed by atoms with Crippen LogP contribution >= 0.6 is 0 Å². The Labute approximate surface area is 74.5 Å². The summed E-state index contributed by atoms with van der Waals surface area (Å²) in [5.74, 6) is 0. The Morgan fingerprint density at radius 2 is 1.75 bits per heavy atom. The van der Waals surface area contributed by atoms with Gasteiger partial charge in [-0.05, 0) is 19.4 Å². The highest BCUT2D eigenvalue weighted by Gasteiger charge is 2.26. The summed E-state index contributed by atoms with van der Waals surface area (Å²) in [6, 6.07) is 0.0686. The lowest BCUT2D eigenvalue weighted by molar-refractivity contribution is 0.131. The van der Waals surface area contributed by atoms with Crippen LogP contribution in [0.15, 0.2) is 0 Å². The van der Waals surface area contributed by atoms with E-state index in [2.05, 4.69) is 6.92 Å². The van der Waals surface area contributed by atoms with E-state index in [0.29, 0.717) is 19.6 Å². The largest absolute Gasteiger partial charge is 0.422 e. The standard InChI is InChI=1S/C8H18F2OSi/c1-3-4-6-11-7-5-8-12(2,9)10/h3-8H2,1-2H3. The fraction of sp³-hybridized carbons (Fsp3) is 1.00. The summed E-state index contributed by atoms with van der Waals surface area (Å²) in [7, 11) is -3.81. The molecule has 0 atom stereocenters. The molecule has 0 aromatic heterocycles. The summed E-state index contributed by atoms with van der Waals surface area (Å²) >= 11 is 0. The molecule has 0 heterocycles. The van der Waals surface area contributed by atoms with Gasteiger partial charge in [-0.1, -0.05) is 13.3 Å². The topological polar surface area (TPSA) is 9.23 Å². The predicted octanol–water partition coefficient (Wildman–Crippen LogP) is 3.20. The van der Waals surface area contributed by atoms with Crippen LogP contribution in [0.2, 0.25) is 12.6 Å². The quantitative estimate of drug-likeness (QED) is 0.345. The molecule has 0 amide bonds. The van der Waals surface area contributed by atoms with Crippen molar-refractivity contribution in [2.24, 2.45) is 0 Å². The molecule has 0 unspecified atom stereocenters. The van der Waals surface area contributed by atoms with Gasteiger partial charge in [0.05, 0.1) is 0 Å². The Morgan fingerprint density at radius 1 is 1.17 bits per heavy atom. The molecule has 74 valence electrons. The summed E-state index contributed by atoms with van der Waals surface area (Å²) in [5.41, 5.74) is 0. The van der Waals surface area contributed by atoms with Gasteiger partial charge in [0.15, 0.2) is 0 Å². The average Bonchev–Trinajstić information content (AvgIpc) is 1.94. The van der Waals surface area contributed by atoms with Crippen molar-refractivity contribution in [3.8, 4) is 0 Å².